The zero-order valence-electron chi connectivity index (χ0n) is 7.60. The van der Waals surface area contributed by atoms with Crippen molar-refractivity contribution in [2.45, 2.75) is 12.5 Å². The number of fused-ring (bicyclic) bond motifs is 1. The first-order valence-electron chi connectivity index (χ1n) is 4.41. The van der Waals surface area contributed by atoms with Crippen LogP contribution >= 0.6 is 11.3 Å². The standard InChI is InChI=1S/C12H10OS/c1-2-5-10(13)12-8-9-6-3-4-7-11(9)14-12/h1,3-4,6-8,10,13H,5H2/t10-/m0/s1. The predicted octanol–water partition coefficient (Wildman–Crippen LogP) is 2.96. The van der Waals surface area contributed by atoms with E-state index in [0.29, 0.717) is 6.42 Å². The van der Waals surface area contributed by atoms with E-state index in [9.17, 15) is 5.11 Å². The summed E-state index contributed by atoms with van der Waals surface area (Å²) in [4.78, 5) is 0.948. The molecular weight excluding hydrogens is 192 g/mol. The Kier molecular flexibility index (Phi) is 2.53. The summed E-state index contributed by atoms with van der Waals surface area (Å²) in [5.41, 5.74) is 0. The Balaban J connectivity index is 2.41. The quantitative estimate of drug-likeness (QED) is 0.742. The normalized spacial score (nSPS) is 12.6. The third-order valence-electron chi connectivity index (χ3n) is 2.08. The van der Waals surface area contributed by atoms with Crippen molar-refractivity contribution in [2.24, 2.45) is 0 Å². The Morgan fingerprint density at radius 1 is 1.43 bits per heavy atom. The first-order chi connectivity index (χ1) is 6.81. The average molecular weight is 202 g/mol. The van der Waals surface area contributed by atoms with E-state index in [-0.39, 0.29) is 0 Å². The highest BCUT2D eigenvalue weighted by Crippen LogP contribution is 2.30. The van der Waals surface area contributed by atoms with E-state index >= 15 is 0 Å². The molecule has 0 aliphatic heterocycles. The van der Waals surface area contributed by atoms with E-state index in [1.807, 2.05) is 30.3 Å². The molecular formula is C12H10OS. The molecule has 0 saturated heterocycles. The van der Waals surface area contributed by atoms with Gasteiger partial charge >= 0.3 is 0 Å². The number of aliphatic hydroxyl groups is 1. The fourth-order valence-corrected chi connectivity index (χ4v) is 2.43. The number of hydrogen-bond donors (Lipinski definition) is 1. The van der Waals surface area contributed by atoms with Gasteiger partial charge in [0.2, 0.25) is 0 Å². The van der Waals surface area contributed by atoms with Gasteiger partial charge in [-0.15, -0.1) is 23.7 Å². The van der Waals surface area contributed by atoms with Gasteiger partial charge in [0.05, 0.1) is 6.10 Å². The zero-order valence-corrected chi connectivity index (χ0v) is 8.42. The van der Waals surface area contributed by atoms with Crippen molar-refractivity contribution < 1.29 is 5.11 Å². The van der Waals surface area contributed by atoms with Gasteiger partial charge in [0, 0.05) is 16.0 Å². The number of aliphatic hydroxyl groups excluding tert-OH is 1. The maximum atomic E-state index is 9.69. The Morgan fingerprint density at radius 2 is 2.21 bits per heavy atom. The van der Waals surface area contributed by atoms with E-state index in [2.05, 4.69) is 5.92 Å². The number of benzene rings is 1. The minimum atomic E-state index is -0.516. The molecule has 0 saturated carbocycles. The summed E-state index contributed by atoms with van der Waals surface area (Å²) < 4.78 is 1.19. The van der Waals surface area contributed by atoms with Crippen LogP contribution in [0.2, 0.25) is 0 Å². The van der Waals surface area contributed by atoms with Gasteiger partial charge in [-0.1, -0.05) is 18.2 Å². The van der Waals surface area contributed by atoms with Crippen LogP contribution < -0.4 is 0 Å². The zero-order chi connectivity index (χ0) is 9.97. The van der Waals surface area contributed by atoms with Gasteiger partial charge in [0.1, 0.15) is 0 Å². The number of hydrogen-bond acceptors (Lipinski definition) is 2. The topological polar surface area (TPSA) is 20.2 Å². The van der Waals surface area contributed by atoms with Crippen molar-refractivity contribution in [1.82, 2.24) is 0 Å². The molecule has 0 aliphatic rings. The highest BCUT2D eigenvalue weighted by Gasteiger charge is 2.09. The van der Waals surface area contributed by atoms with Crippen LogP contribution in [0, 0.1) is 12.3 Å². The molecule has 1 nitrogen and oxygen atoms in total. The second-order valence-electron chi connectivity index (χ2n) is 3.11. The molecule has 2 aromatic rings. The highest BCUT2D eigenvalue weighted by molar-refractivity contribution is 7.19. The Labute approximate surface area is 87.0 Å². The fourth-order valence-electron chi connectivity index (χ4n) is 1.38. The molecule has 1 atom stereocenters. The minimum Gasteiger partial charge on any atom is -0.387 e. The molecule has 0 aliphatic carbocycles. The molecule has 0 unspecified atom stereocenters. The summed E-state index contributed by atoms with van der Waals surface area (Å²) in [5.74, 6) is 2.47. The second kappa shape index (κ2) is 3.83. The number of rotatable bonds is 2. The third kappa shape index (κ3) is 1.65. The van der Waals surface area contributed by atoms with Crippen molar-refractivity contribution >= 4 is 21.4 Å². The van der Waals surface area contributed by atoms with E-state index in [1.54, 1.807) is 11.3 Å². The molecule has 1 aromatic carbocycles. The molecule has 0 fully saturated rings. The van der Waals surface area contributed by atoms with Crippen LogP contribution in [0.15, 0.2) is 30.3 Å². The molecule has 0 amide bonds. The van der Waals surface area contributed by atoms with Gasteiger partial charge in [-0.05, 0) is 17.5 Å². The van der Waals surface area contributed by atoms with Crippen LogP contribution in [0.25, 0.3) is 10.1 Å². The summed E-state index contributed by atoms with van der Waals surface area (Å²) in [7, 11) is 0. The van der Waals surface area contributed by atoms with Crippen LogP contribution in [-0.4, -0.2) is 5.11 Å². The summed E-state index contributed by atoms with van der Waals surface area (Å²) in [6, 6.07) is 10.1. The fraction of sp³-hybridized carbons (Fsp3) is 0.167. The minimum absolute atomic E-state index is 0.382. The van der Waals surface area contributed by atoms with Crippen LogP contribution in [-0.2, 0) is 0 Å². The van der Waals surface area contributed by atoms with Gasteiger partial charge in [-0.2, -0.15) is 0 Å². The summed E-state index contributed by atoms with van der Waals surface area (Å²) in [5, 5.41) is 10.9. The maximum Gasteiger partial charge on any atom is 0.0991 e. The highest BCUT2D eigenvalue weighted by atomic mass is 32.1. The van der Waals surface area contributed by atoms with E-state index in [1.165, 1.54) is 10.1 Å². The van der Waals surface area contributed by atoms with Crippen molar-refractivity contribution in [3.05, 3.63) is 35.2 Å². The van der Waals surface area contributed by atoms with Crippen molar-refractivity contribution in [3.8, 4) is 12.3 Å². The average Bonchev–Trinajstić information content (AvgIpc) is 2.61. The Hall–Kier alpha value is -1.30. The van der Waals surface area contributed by atoms with E-state index in [4.69, 9.17) is 6.42 Å². The first kappa shape index (κ1) is 9.26. The Morgan fingerprint density at radius 3 is 2.93 bits per heavy atom. The summed E-state index contributed by atoms with van der Waals surface area (Å²) in [6.45, 7) is 0. The van der Waals surface area contributed by atoms with E-state index in [0.717, 1.165) is 4.88 Å². The van der Waals surface area contributed by atoms with Gasteiger partial charge in [-0.3, -0.25) is 0 Å². The summed E-state index contributed by atoms with van der Waals surface area (Å²) in [6.07, 6.45) is 5.02. The molecule has 0 bridgehead atoms. The monoisotopic (exact) mass is 202 g/mol. The lowest BCUT2D eigenvalue weighted by atomic mass is 10.2. The lowest BCUT2D eigenvalue weighted by Gasteiger charge is -2.01. The SMILES string of the molecule is C#CC[C@H](O)c1cc2ccccc2s1. The van der Waals surface area contributed by atoms with Crippen molar-refractivity contribution in [3.63, 3.8) is 0 Å². The second-order valence-corrected chi connectivity index (χ2v) is 4.23. The molecule has 0 radical (unpaired) electrons. The van der Waals surface area contributed by atoms with Gasteiger partial charge < -0.3 is 5.11 Å². The smallest absolute Gasteiger partial charge is 0.0991 e. The molecule has 2 heteroatoms. The molecule has 1 N–H and O–H groups in total. The lowest BCUT2D eigenvalue weighted by Crippen LogP contribution is -1.90. The van der Waals surface area contributed by atoms with Crippen LogP contribution in [0.5, 0.6) is 0 Å². The molecule has 2 rings (SSSR count). The maximum absolute atomic E-state index is 9.69. The summed E-state index contributed by atoms with van der Waals surface area (Å²) >= 11 is 1.60. The largest absolute Gasteiger partial charge is 0.387 e. The lowest BCUT2D eigenvalue weighted by molar-refractivity contribution is 0.188. The van der Waals surface area contributed by atoms with Crippen LogP contribution in [0.4, 0.5) is 0 Å². The molecule has 70 valence electrons. The predicted molar refractivity (Wildman–Crippen MR) is 60.2 cm³/mol. The number of terminal acetylenes is 1. The Bertz CT molecular complexity index is 445. The molecule has 0 spiro atoms. The van der Waals surface area contributed by atoms with Gasteiger partial charge in [0.25, 0.3) is 0 Å². The van der Waals surface area contributed by atoms with Crippen LogP contribution in [0.3, 0.4) is 0 Å². The molecule has 14 heavy (non-hydrogen) atoms. The van der Waals surface area contributed by atoms with Crippen molar-refractivity contribution in [1.29, 1.82) is 0 Å². The van der Waals surface area contributed by atoms with E-state index < -0.39 is 6.10 Å². The van der Waals surface area contributed by atoms with Crippen molar-refractivity contribution in [2.75, 3.05) is 0 Å². The third-order valence-corrected chi connectivity index (χ3v) is 3.30. The first-order valence-corrected chi connectivity index (χ1v) is 5.23. The van der Waals surface area contributed by atoms with Gasteiger partial charge in [0.15, 0.2) is 0 Å². The van der Waals surface area contributed by atoms with Gasteiger partial charge in [-0.25, -0.2) is 0 Å². The van der Waals surface area contributed by atoms with Crippen LogP contribution in [0.1, 0.15) is 17.4 Å². The molecule has 1 heterocycles. The number of thiophene rings is 1. The molecule has 1 aromatic heterocycles.